The molecule has 3 rings (SSSR count). The van der Waals surface area contributed by atoms with Crippen molar-refractivity contribution in [2.75, 3.05) is 40.5 Å². The average molecular weight is 569 g/mol. The summed E-state index contributed by atoms with van der Waals surface area (Å²) in [5.41, 5.74) is 1.86. The summed E-state index contributed by atoms with van der Waals surface area (Å²) in [6.45, 7) is 1.75. The molecular weight excluding hydrogens is 540 g/mol. The van der Waals surface area contributed by atoms with Crippen LogP contribution >= 0.6 is 0 Å². The van der Waals surface area contributed by atoms with Gasteiger partial charge in [-0.2, -0.15) is 0 Å². The second-order valence-electron chi connectivity index (χ2n) is 8.43. The zero-order valence-corrected chi connectivity index (χ0v) is 22.8. The Bertz CT molecular complexity index is 1470. The van der Waals surface area contributed by atoms with Gasteiger partial charge in [0, 0.05) is 38.0 Å². The Hall–Kier alpha value is -4.91. The van der Waals surface area contributed by atoms with E-state index in [1.54, 1.807) is 24.3 Å². The van der Waals surface area contributed by atoms with Gasteiger partial charge in [0.05, 0.1) is 10.6 Å². The zero-order valence-electron chi connectivity index (χ0n) is 22.0. The fraction of sp³-hybridized carbons (Fsp3) is 0.185. The summed E-state index contributed by atoms with van der Waals surface area (Å²) in [4.78, 5) is 46.3. The number of ether oxygens (including phenoxy) is 2. The van der Waals surface area contributed by atoms with Crippen LogP contribution in [0.4, 0.5) is 22.7 Å². The first-order valence-electron chi connectivity index (χ1n) is 11.9. The number of hydrogen-bond acceptors (Lipinski definition) is 8. The maximum absolute atomic E-state index is 13.0. The van der Waals surface area contributed by atoms with Crippen molar-refractivity contribution in [3.63, 3.8) is 0 Å². The summed E-state index contributed by atoms with van der Waals surface area (Å²) in [5.74, 6) is -1.53. The first kappa shape index (κ1) is 29.6. The number of anilines is 4. The molecule has 0 fully saturated rings. The Labute approximate surface area is 231 Å². The van der Waals surface area contributed by atoms with E-state index in [-0.39, 0.29) is 22.5 Å². The zero-order chi connectivity index (χ0) is 29.3. The van der Waals surface area contributed by atoms with Crippen LogP contribution < -0.4 is 25.0 Å². The van der Waals surface area contributed by atoms with Gasteiger partial charge in [-0.25, -0.2) is 13.2 Å². The van der Waals surface area contributed by atoms with Crippen molar-refractivity contribution in [1.82, 2.24) is 0 Å². The number of nitrogens with one attached hydrogen (secondary N) is 3. The number of carbonyl (C=O) groups is 4. The van der Waals surface area contributed by atoms with E-state index in [4.69, 9.17) is 9.47 Å². The van der Waals surface area contributed by atoms with Crippen LogP contribution in [-0.4, -0.2) is 52.4 Å². The molecule has 0 atom stereocenters. The predicted octanol–water partition coefficient (Wildman–Crippen LogP) is 2.99. The molecule has 0 aliphatic carbocycles. The van der Waals surface area contributed by atoms with Gasteiger partial charge in [-0.05, 0) is 72.8 Å². The standard InChI is InChI=1S/C27H28N4O8S/c1-18(32)28-20-4-6-22(7-5-20)30-26(34)16-39-27(35)17-38-24-12-10-23(11-13-24)31(3)40(36,37)25-14-8-21(9-15-25)29-19(2)33/h4-15H,16-17H2,1-3H3,(H,28,32)(H,29,33)(H,30,34). The molecule has 210 valence electrons. The molecule has 0 heterocycles. The number of rotatable bonds is 11. The van der Waals surface area contributed by atoms with Crippen LogP contribution in [0.5, 0.6) is 5.75 Å². The number of benzene rings is 3. The maximum atomic E-state index is 13.0. The van der Waals surface area contributed by atoms with Crippen molar-refractivity contribution in [3.8, 4) is 5.75 Å². The van der Waals surface area contributed by atoms with Crippen molar-refractivity contribution in [1.29, 1.82) is 0 Å². The number of amides is 3. The summed E-state index contributed by atoms with van der Waals surface area (Å²) in [5, 5.41) is 7.74. The molecule has 0 saturated carbocycles. The van der Waals surface area contributed by atoms with Crippen LogP contribution in [0, 0.1) is 0 Å². The molecular formula is C27H28N4O8S. The molecule has 0 aliphatic rings. The van der Waals surface area contributed by atoms with Crippen LogP contribution in [0.3, 0.4) is 0 Å². The summed E-state index contributed by atoms with van der Waals surface area (Å²) in [7, 11) is -2.47. The van der Waals surface area contributed by atoms with Crippen LogP contribution in [0.2, 0.25) is 0 Å². The van der Waals surface area contributed by atoms with E-state index in [0.29, 0.717) is 22.7 Å². The van der Waals surface area contributed by atoms with Crippen LogP contribution in [-0.2, 0) is 33.9 Å². The molecule has 3 aromatic carbocycles. The monoisotopic (exact) mass is 568 g/mol. The molecule has 3 N–H and O–H groups in total. The first-order chi connectivity index (χ1) is 18.9. The van der Waals surface area contributed by atoms with Crippen molar-refractivity contribution >= 4 is 56.5 Å². The molecule has 0 aromatic heterocycles. The topological polar surface area (TPSA) is 160 Å². The third-order valence-electron chi connectivity index (χ3n) is 5.24. The normalized spacial score (nSPS) is 10.7. The van der Waals surface area contributed by atoms with Crippen LogP contribution in [0.25, 0.3) is 0 Å². The Balaban J connectivity index is 1.47. The third-order valence-corrected chi connectivity index (χ3v) is 7.04. The second-order valence-corrected chi connectivity index (χ2v) is 10.4. The first-order valence-corrected chi connectivity index (χ1v) is 13.3. The number of esters is 1. The largest absolute Gasteiger partial charge is 0.482 e. The van der Waals surface area contributed by atoms with E-state index in [1.165, 1.54) is 69.4 Å². The molecule has 3 amide bonds. The lowest BCUT2D eigenvalue weighted by molar-refractivity contribution is -0.149. The number of nitrogens with zero attached hydrogens (tertiary/aromatic N) is 1. The van der Waals surface area contributed by atoms with Gasteiger partial charge in [0.1, 0.15) is 5.75 Å². The van der Waals surface area contributed by atoms with Gasteiger partial charge >= 0.3 is 5.97 Å². The maximum Gasteiger partial charge on any atom is 0.344 e. The van der Waals surface area contributed by atoms with E-state index < -0.39 is 35.1 Å². The molecule has 0 spiro atoms. The van der Waals surface area contributed by atoms with E-state index in [0.717, 1.165) is 4.31 Å². The van der Waals surface area contributed by atoms with Crippen molar-refractivity contribution < 1.29 is 37.1 Å². The highest BCUT2D eigenvalue weighted by molar-refractivity contribution is 7.92. The van der Waals surface area contributed by atoms with Crippen LogP contribution in [0.15, 0.2) is 77.7 Å². The lowest BCUT2D eigenvalue weighted by Gasteiger charge is -2.20. The van der Waals surface area contributed by atoms with Gasteiger partial charge in [-0.3, -0.25) is 18.7 Å². The molecule has 0 bridgehead atoms. The Morgan fingerprint density at radius 1 is 0.700 bits per heavy atom. The molecule has 3 aromatic rings. The number of sulfonamides is 1. The summed E-state index contributed by atoms with van der Waals surface area (Å²) in [6.07, 6.45) is 0. The smallest absolute Gasteiger partial charge is 0.344 e. The molecule has 40 heavy (non-hydrogen) atoms. The minimum Gasteiger partial charge on any atom is -0.482 e. The SMILES string of the molecule is CC(=O)Nc1ccc(NC(=O)COC(=O)COc2ccc(N(C)S(=O)(=O)c3ccc(NC(C)=O)cc3)cc2)cc1. The van der Waals surface area contributed by atoms with E-state index >= 15 is 0 Å². The van der Waals surface area contributed by atoms with E-state index in [1.807, 2.05) is 0 Å². The average Bonchev–Trinajstić information content (AvgIpc) is 2.91. The quantitative estimate of drug-likeness (QED) is 0.298. The summed E-state index contributed by atoms with van der Waals surface area (Å²) < 4.78 is 37.3. The number of carbonyl (C=O) groups excluding carboxylic acids is 4. The molecule has 12 nitrogen and oxygen atoms in total. The summed E-state index contributed by atoms with van der Waals surface area (Å²) in [6, 6.07) is 18.2. The molecule has 0 radical (unpaired) electrons. The van der Waals surface area contributed by atoms with E-state index in [2.05, 4.69) is 16.0 Å². The van der Waals surface area contributed by atoms with Gasteiger partial charge in [0.2, 0.25) is 11.8 Å². The van der Waals surface area contributed by atoms with Gasteiger partial charge in [-0.15, -0.1) is 0 Å². The third kappa shape index (κ3) is 8.56. The number of hydrogen-bond donors (Lipinski definition) is 3. The highest BCUT2D eigenvalue weighted by Gasteiger charge is 2.21. The van der Waals surface area contributed by atoms with Crippen molar-refractivity contribution in [2.45, 2.75) is 18.7 Å². The Morgan fingerprint density at radius 2 is 1.18 bits per heavy atom. The molecule has 0 saturated heterocycles. The minimum absolute atomic E-state index is 0.0400. The van der Waals surface area contributed by atoms with Gasteiger partial charge in [-0.1, -0.05) is 0 Å². The van der Waals surface area contributed by atoms with Crippen molar-refractivity contribution in [3.05, 3.63) is 72.8 Å². The molecule has 13 heteroatoms. The fourth-order valence-electron chi connectivity index (χ4n) is 3.33. The summed E-state index contributed by atoms with van der Waals surface area (Å²) >= 11 is 0. The lowest BCUT2D eigenvalue weighted by atomic mass is 10.2. The second kappa shape index (κ2) is 13.2. The van der Waals surface area contributed by atoms with Crippen molar-refractivity contribution in [2.24, 2.45) is 0 Å². The van der Waals surface area contributed by atoms with E-state index in [9.17, 15) is 27.6 Å². The molecule has 0 unspecified atom stereocenters. The Morgan fingerprint density at radius 3 is 1.68 bits per heavy atom. The van der Waals surface area contributed by atoms with Gasteiger partial charge < -0.3 is 25.4 Å². The molecule has 0 aliphatic heterocycles. The Kier molecular flexibility index (Phi) is 9.81. The van der Waals surface area contributed by atoms with Crippen LogP contribution in [0.1, 0.15) is 13.8 Å². The fourth-order valence-corrected chi connectivity index (χ4v) is 4.53. The minimum atomic E-state index is -3.87. The van der Waals surface area contributed by atoms with Gasteiger partial charge in [0.25, 0.3) is 15.9 Å². The predicted molar refractivity (Wildman–Crippen MR) is 149 cm³/mol. The highest BCUT2D eigenvalue weighted by atomic mass is 32.2. The lowest BCUT2D eigenvalue weighted by Crippen LogP contribution is -2.26. The highest BCUT2D eigenvalue weighted by Crippen LogP contribution is 2.25. The van der Waals surface area contributed by atoms with Gasteiger partial charge in [0.15, 0.2) is 13.2 Å².